The number of pyridine rings is 1. The van der Waals surface area contributed by atoms with Crippen molar-refractivity contribution in [2.45, 2.75) is 25.2 Å². The first-order valence-corrected chi connectivity index (χ1v) is 9.58. The van der Waals surface area contributed by atoms with Crippen LogP contribution in [0.25, 0.3) is 11.1 Å². The van der Waals surface area contributed by atoms with Gasteiger partial charge >= 0.3 is 12.2 Å². The number of amides is 3. The Morgan fingerprint density at radius 1 is 1.30 bits per heavy atom. The number of nitrogens with one attached hydrogen (secondary N) is 3. The largest absolute Gasteiger partial charge is 0.482 e. The molecule has 0 saturated carbocycles. The monoisotopic (exact) mass is 489 g/mol. The van der Waals surface area contributed by atoms with Gasteiger partial charge in [-0.25, -0.2) is 14.6 Å². The van der Waals surface area contributed by atoms with Crippen LogP contribution in [0.5, 0.6) is 0 Å². The molecule has 176 valence electrons. The van der Waals surface area contributed by atoms with Crippen molar-refractivity contribution in [2.75, 3.05) is 7.11 Å². The van der Waals surface area contributed by atoms with Crippen molar-refractivity contribution in [3.05, 3.63) is 52.6 Å². The summed E-state index contributed by atoms with van der Waals surface area (Å²) >= 11 is 5.69. The van der Waals surface area contributed by atoms with Crippen LogP contribution in [0, 0.1) is 5.82 Å². The van der Waals surface area contributed by atoms with Crippen molar-refractivity contribution in [1.29, 1.82) is 0 Å². The molecule has 0 spiro atoms. The molecule has 33 heavy (non-hydrogen) atoms. The topological polar surface area (TPSA) is 114 Å². The number of carbonyl (C=O) groups excluding carboxylic acids is 2. The van der Waals surface area contributed by atoms with Gasteiger partial charge in [0.15, 0.2) is 0 Å². The molecule has 3 amide bonds. The first-order valence-electron chi connectivity index (χ1n) is 9.21. The van der Waals surface area contributed by atoms with Gasteiger partial charge in [-0.3, -0.25) is 15.2 Å². The third-order valence-corrected chi connectivity index (χ3v) is 4.73. The predicted molar refractivity (Wildman–Crippen MR) is 107 cm³/mol. The van der Waals surface area contributed by atoms with E-state index in [1.807, 2.05) is 5.43 Å². The molecule has 2 heterocycles. The fourth-order valence-electron chi connectivity index (χ4n) is 2.82. The van der Waals surface area contributed by atoms with Gasteiger partial charge in [-0.2, -0.15) is 13.2 Å². The number of nitrogens with zero attached hydrogens (tertiary/aromatic N) is 2. The Morgan fingerprint density at radius 2 is 2.06 bits per heavy atom. The minimum atomic E-state index is -4.76. The van der Waals surface area contributed by atoms with Gasteiger partial charge in [-0.05, 0) is 17.7 Å². The van der Waals surface area contributed by atoms with Crippen molar-refractivity contribution in [3.63, 3.8) is 0 Å². The lowest BCUT2D eigenvalue weighted by atomic mass is 10.00. The molecule has 1 unspecified atom stereocenters. The molecule has 1 aromatic carbocycles. The number of carbonyl (C=O) groups is 2. The van der Waals surface area contributed by atoms with Crippen molar-refractivity contribution < 1.29 is 36.7 Å². The molecule has 1 atom stereocenters. The fraction of sp³-hybridized carbons (Fsp3) is 0.263. The lowest BCUT2D eigenvalue weighted by molar-refractivity contribution is -0.137. The van der Waals surface area contributed by atoms with Crippen molar-refractivity contribution in [3.8, 4) is 11.1 Å². The molecule has 1 aliphatic rings. The first-order chi connectivity index (χ1) is 15.6. The van der Waals surface area contributed by atoms with Crippen molar-refractivity contribution in [1.82, 2.24) is 21.2 Å². The number of alkyl halides is 3. The zero-order valence-corrected chi connectivity index (χ0v) is 17.6. The molecule has 14 heteroatoms. The summed E-state index contributed by atoms with van der Waals surface area (Å²) in [6.07, 6.45) is -4.63. The highest BCUT2D eigenvalue weighted by Gasteiger charge is 2.36. The maximum Gasteiger partial charge on any atom is 0.418 e. The van der Waals surface area contributed by atoms with E-state index in [4.69, 9.17) is 21.2 Å². The van der Waals surface area contributed by atoms with Gasteiger partial charge in [0.2, 0.25) is 12.0 Å². The van der Waals surface area contributed by atoms with Gasteiger partial charge in [-0.1, -0.05) is 28.9 Å². The third-order valence-electron chi connectivity index (χ3n) is 4.41. The van der Waals surface area contributed by atoms with E-state index < -0.39 is 47.2 Å². The number of benzene rings is 1. The number of rotatable bonds is 4. The van der Waals surface area contributed by atoms with E-state index in [1.165, 1.54) is 13.2 Å². The van der Waals surface area contributed by atoms with E-state index >= 15 is 0 Å². The van der Waals surface area contributed by atoms with Crippen LogP contribution in [0.2, 0.25) is 5.02 Å². The predicted octanol–water partition coefficient (Wildman–Crippen LogP) is 3.14. The molecular formula is C19H16ClF4N5O4. The van der Waals surface area contributed by atoms with Gasteiger partial charge in [0, 0.05) is 11.8 Å². The van der Waals surface area contributed by atoms with E-state index in [2.05, 4.69) is 20.9 Å². The Hall–Kier alpha value is -3.61. The summed E-state index contributed by atoms with van der Waals surface area (Å²) < 4.78 is 59.3. The zero-order valence-electron chi connectivity index (χ0n) is 16.8. The summed E-state index contributed by atoms with van der Waals surface area (Å²) in [6.45, 7) is -0.410. The zero-order chi connectivity index (χ0) is 24.2. The summed E-state index contributed by atoms with van der Waals surface area (Å²) in [6, 6.07) is 3.49. The minimum absolute atomic E-state index is 0.0792. The number of aromatic nitrogens is 1. The number of hydrogen-bond acceptors (Lipinski definition) is 6. The summed E-state index contributed by atoms with van der Waals surface area (Å²) in [5.41, 5.74) is 2.30. The van der Waals surface area contributed by atoms with Crippen LogP contribution in [-0.2, 0) is 27.1 Å². The summed E-state index contributed by atoms with van der Waals surface area (Å²) in [5.74, 6) is -1.44. The number of hydrogen-bond donors (Lipinski definition) is 3. The number of urea groups is 1. The lowest BCUT2D eigenvalue weighted by Crippen LogP contribution is -2.50. The maximum atomic E-state index is 14.4. The average molecular weight is 490 g/mol. The second-order valence-corrected chi connectivity index (χ2v) is 7.00. The van der Waals surface area contributed by atoms with E-state index in [1.54, 1.807) is 0 Å². The Balaban J connectivity index is 1.59. The molecular weight excluding hydrogens is 474 g/mol. The molecule has 3 rings (SSSR count). The average Bonchev–Trinajstić information content (AvgIpc) is 3.25. The highest BCUT2D eigenvalue weighted by atomic mass is 35.5. The Bertz CT molecular complexity index is 1100. The number of halogens is 5. The Kier molecular flexibility index (Phi) is 7.21. The van der Waals surface area contributed by atoms with Crippen LogP contribution in [0.1, 0.15) is 17.7 Å². The van der Waals surface area contributed by atoms with Gasteiger partial charge < -0.3 is 14.9 Å². The Morgan fingerprint density at radius 3 is 2.70 bits per heavy atom. The molecule has 0 bridgehead atoms. The van der Waals surface area contributed by atoms with Crippen LogP contribution in [0.3, 0.4) is 0 Å². The van der Waals surface area contributed by atoms with E-state index in [0.717, 1.165) is 24.4 Å². The molecule has 0 radical (unpaired) electrons. The van der Waals surface area contributed by atoms with Gasteiger partial charge in [-0.15, -0.1) is 0 Å². The van der Waals surface area contributed by atoms with E-state index in [0.29, 0.717) is 0 Å². The SMILES string of the molecule is COC1=NOC(C(=O)NNC(=O)NCc2ncc(-c3cccc(Cl)c3C(F)(F)F)cc2F)C1. The molecule has 1 aliphatic heterocycles. The van der Waals surface area contributed by atoms with Crippen LogP contribution >= 0.6 is 11.6 Å². The van der Waals surface area contributed by atoms with E-state index in [9.17, 15) is 27.2 Å². The lowest BCUT2D eigenvalue weighted by Gasteiger charge is -2.15. The van der Waals surface area contributed by atoms with Crippen molar-refractivity contribution in [2.24, 2.45) is 5.16 Å². The number of oxime groups is 1. The van der Waals surface area contributed by atoms with Crippen LogP contribution in [0.15, 0.2) is 35.6 Å². The van der Waals surface area contributed by atoms with Gasteiger partial charge in [0.1, 0.15) is 5.82 Å². The highest BCUT2D eigenvalue weighted by molar-refractivity contribution is 6.31. The van der Waals surface area contributed by atoms with Crippen LogP contribution < -0.4 is 16.2 Å². The second kappa shape index (κ2) is 9.90. The number of hydrazine groups is 1. The fourth-order valence-corrected chi connectivity index (χ4v) is 3.10. The van der Waals surface area contributed by atoms with Gasteiger partial charge in [0.25, 0.3) is 5.91 Å². The normalized spacial score (nSPS) is 15.3. The molecule has 0 fully saturated rings. The number of methoxy groups -OCH3 is 1. The highest BCUT2D eigenvalue weighted by Crippen LogP contribution is 2.41. The molecule has 3 N–H and O–H groups in total. The quantitative estimate of drug-likeness (QED) is 0.451. The molecule has 0 saturated heterocycles. The standard InChI is InChI=1S/C19H16ClF4N5O4/c1-32-15-6-14(33-29-15)17(30)27-28-18(31)26-8-13-12(21)5-9(7-25-13)10-3-2-4-11(20)16(10)19(22,23)24/h2-5,7,14H,6,8H2,1H3,(H,27,30)(H2,26,28,31). The Labute approximate surface area is 189 Å². The van der Waals surface area contributed by atoms with Crippen molar-refractivity contribution >= 4 is 29.4 Å². The number of ether oxygens (including phenoxy) is 1. The van der Waals surface area contributed by atoms with Crippen LogP contribution in [-0.4, -0.2) is 36.0 Å². The minimum Gasteiger partial charge on any atom is -0.482 e. The summed E-state index contributed by atoms with van der Waals surface area (Å²) in [7, 11) is 1.36. The van der Waals surface area contributed by atoms with Crippen LogP contribution in [0.4, 0.5) is 22.4 Å². The molecule has 2 aromatic rings. The summed E-state index contributed by atoms with van der Waals surface area (Å²) in [5, 5.41) is 5.23. The molecule has 9 nitrogen and oxygen atoms in total. The second-order valence-electron chi connectivity index (χ2n) is 6.60. The maximum absolute atomic E-state index is 14.4. The van der Waals surface area contributed by atoms with E-state index in [-0.39, 0.29) is 29.1 Å². The molecule has 0 aliphatic carbocycles. The van der Waals surface area contributed by atoms with Gasteiger partial charge in [0.05, 0.1) is 36.4 Å². The summed E-state index contributed by atoms with van der Waals surface area (Å²) in [4.78, 5) is 32.3. The third kappa shape index (κ3) is 5.80. The first kappa shape index (κ1) is 24.0. The molecule has 1 aromatic heterocycles. The smallest absolute Gasteiger partial charge is 0.418 e.